The molecule has 190 valence electrons. The lowest BCUT2D eigenvalue weighted by molar-refractivity contribution is -0.132. The lowest BCUT2D eigenvalue weighted by Gasteiger charge is -2.28. The Morgan fingerprint density at radius 2 is 1.16 bits per heavy atom. The molecule has 0 unspecified atom stereocenters. The maximum Gasteiger partial charge on any atom is 0.243 e. The fourth-order valence-corrected chi connectivity index (χ4v) is 5.57. The molecule has 0 radical (unpaired) electrons. The van der Waals surface area contributed by atoms with Crippen LogP contribution in [0.15, 0.2) is 114 Å². The van der Waals surface area contributed by atoms with Crippen LogP contribution in [0.4, 0.5) is 0 Å². The molecule has 0 saturated heterocycles. The maximum absolute atomic E-state index is 13.8. The third-order valence-electron chi connectivity index (χ3n) is 6.20. The van der Waals surface area contributed by atoms with Crippen LogP contribution in [0.1, 0.15) is 27.8 Å². The largest absolute Gasteiger partial charge is 0.333 e. The predicted octanol–water partition coefficient (Wildman–Crippen LogP) is 5.72. The molecule has 6 heteroatoms. The molecule has 4 rings (SSSR count). The third-order valence-corrected chi connectivity index (χ3v) is 8.00. The molecule has 0 aliphatic carbocycles. The van der Waals surface area contributed by atoms with E-state index in [0.717, 1.165) is 27.8 Å². The van der Waals surface area contributed by atoms with Crippen LogP contribution in [0.5, 0.6) is 0 Å². The monoisotopic (exact) mass is 512 g/mol. The van der Waals surface area contributed by atoms with Gasteiger partial charge in [-0.3, -0.25) is 4.79 Å². The second kappa shape index (κ2) is 12.0. The maximum atomic E-state index is 13.8. The zero-order chi connectivity index (χ0) is 26.3. The molecule has 0 N–H and O–H groups in total. The van der Waals surface area contributed by atoms with E-state index in [1.165, 1.54) is 4.31 Å². The number of benzene rings is 4. The Morgan fingerprint density at radius 1 is 0.622 bits per heavy atom. The first-order valence-corrected chi connectivity index (χ1v) is 13.7. The Labute approximate surface area is 220 Å². The Hall–Kier alpha value is -3.74. The zero-order valence-electron chi connectivity index (χ0n) is 21.2. The third kappa shape index (κ3) is 7.15. The van der Waals surface area contributed by atoms with Crippen molar-refractivity contribution in [2.75, 3.05) is 6.54 Å². The molecule has 0 aromatic heterocycles. The minimum atomic E-state index is -3.92. The standard InChI is InChI=1S/C31H32N2O3S/c1-25-16-18-30(19-17-25)37(35,36)33(23-29-15-9-10-26(2)20-29)24-31(34)32(21-27-11-5-3-6-12-27)22-28-13-7-4-8-14-28/h3-20H,21-24H2,1-2H3. The summed E-state index contributed by atoms with van der Waals surface area (Å²) in [6, 6.07) is 34.0. The molecule has 0 heterocycles. The SMILES string of the molecule is Cc1ccc(S(=O)(=O)N(CC(=O)N(Cc2ccccc2)Cc2ccccc2)Cc2cccc(C)c2)cc1. The summed E-state index contributed by atoms with van der Waals surface area (Å²) in [5.74, 6) is -0.254. The molecule has 4 aromatic carbocycles. The van der Waals surface area contributed by atoms with Crippen LogP contribution in [-0.4, -0.2) is 30.1 Å². The van der Waals surface area contributed by atoms with Gasteiger partial charge in [-0.15, -0.1) is 0 Å². The first-order chi connectivity index (χ1) is 17.8. The summed E-state index contributed by atoms with van der Waals surface area (Å²) >= 11 is 0. The van der Waals surface area contributed by atoms with Gasteiger partial charge in [-0.05, 0) is 42.7 Å². The number of carbonyl (C=O) groups is 1. The van der Waals surface area contributed by atoms with Crippen molar-refractivity contribution in [1.29, 1.82) is 0 Å². The van der Waals surface area contributed by atoms with Gasteiger partial charge in [0.2, 0.25) is 15.9 Å². The number of rotatable bonds is 10. The van der Waals surface area contributed by atoms with Crippen LogP contribution in [0.25, 0.3) is 0 Å². The number of aryl methyl sites for hydroxylation is 2. The summed E-state index contributed by atoms with van der Waals surface area (Å²) in [7, 11) is -3.92. The average Bonchev–Trinajstić information content (AvgIpc) is 2.89. The summed E-state index contributed by atoms with van der Waals surface area (Å²) in [4.78, 5) is 15.7. The van der Waals surface area contributed by atoms with Crippen molar-refractivity contribution < 1.29 is 13.2 Å². The second-order valence-corrected chi connectivity index (χ2v) is 11.2. The van der Waals surface area contributed by atoms with E-state index < -0.39 is 10.0 Å². The molecule has 5 nitrogen and oxygen atoms in total. The average molecular weight is 513 g/mol. The van der Waals surface area contributed by atoms with Crippen molar-refractivity contribution in [3.8, 4) is 0 Å². The minimum Gasteiger partial charge on any atom is -0.333 e. The van der Waals surface area contributed by atoms with Gasteiger partial charge in [-0.25, -0.2) is 8.42 Å². The number of hydrogen-bond acceptors (Lipinski definition) is 3. The highest BCUT2D eigenvalue weighted by atomic mass is 32.2. The van der Waals surface area contributed by atoms with Crippen LogP contribution in [-0.2, 0) is 34.5 Å². The fraction of sp³-hybridized carbons (Fsp3) is 0.194. The van der Waals surface area contributed by atoms with E-state index in [1.807, 2.05) is 98.8 Å². The smallest absolute Gasteiger partial charge is 0.243 e. The molecular formula is C31H32N2O3S. The van der Waals surface area contributed by atoms with Gasteiger partial charge in [0.05, 0.1) is 11.4 Å². The molecule has 4 aromatic rings. The zero-order valence-corrected chi connectivity index (χ0v) is 22.1. The lowest BCUT2D eigenvalue weighted by Crippen LogP contribution is -2.42. The predicted molar refractivity (Wildman–Crippen MR) is 147 cm³/mol. The van der Waals surface area contributed by atoms with Crippen LogP contribution >= 0.6 is 0 Å². The second-order valence-electron chi connectivity index (χ2n) is 9.30. The van der Waals surface area contributed by atoms with Crippen molar-refractivity contribution in [3.05, 3.63) is 137 Å². The normalized spacial score (nSPS) is 11.4. The summed E-state index contributed by atoms with van der Waals surface area (Å²) < 4.78 is 28.8. The Bertz CT molecular complexity index is 1380. The van der Waals surface area contributed by atoms with E-state index in [4.69, 9.17) is 0 Å². The summed E-state index contributed by atoms with van der Waals surface area (Å²) in [5.41, 5.74) is 4.81. The van der Waals surface area contributed by atoms with Crippen LogP contribution < -0.4 is 0 Å². The number of sulfonamides is 1. The van der Waals surface area contributed by atoms with Crippen molar-refractivity contribution in [2.24, 2.45) is 0 Å². The lowest BCUT2D eigenvalue weighted by atomic mass is 10.1. The van der Waals surface area contributed by atoms with E-state index in [-0.39, 0.29) is 23.9 Å². The first-order valence-electron chi connectivity index (χ1n) is 12.3. The van der Waals surface area contributed by atoms with Gasteiger partial charge in [0.1, 0.15) is 0 Å². The van der Waals surface area contributed by atoms with Gasteiger partial charge < -0.3 is 4.90 Å². The highest BCUT2D eigenvalue weighted by molar-refractivity contribution is 7.89. The molecule has 1 amide bonds. The molecule has 0 aliphatic heterocycles. The van der Waals surface area contributed by atoms with E-state index in [9.17, 15) is 13.2 Å². The molecule has 0 saturated carbocycles. The number of hydrogen-bond donors (Lipinski definition) is 0. The molecule has 37 heavy (non-hydrogen) atoms. The van der Waals surface area contributed by atoms with E-state index in [2.05, 4.69) is 0 Å². The highest BCUT2D eigenvalue weighted by Gasteiger charge is 2.29. The molecule has 0 spiro atoms. The minimum absolute atomic E-state index is 0.105. The quantitative estimate of drug-likeness (QED) is 0.273. The molecule has 0 aliphatic rings. The fourth-order valence-electron chi connectivity index (χ4n) is 4.19. The Balaban J connectivity index is 1.66. The Morgan fingerprint density at radius 3 is 1.70 bits per heavy atom. The van der Waals surface area contributed by atoms with Crippen molar-refractivity contribution in [3.63, 3.8) is 0 Å². The van der Waals surface area contributed by atoms with Crippen molar-refractivity contribution >= 4 is 15.9 Å². The van der Waals surface area contributed by atoms with Gasteiger partial charge >= 0.3 is 0 Å². The van der Waals surface area contributed by atoms with Gasteiger partial charge in [-0.1, -0.05) is 108 Å². The molecule has 0 fully saturated rings. The van der Waals surface area contributed by atoms with E-state index >= 15 is 0 Å². The van der Waals surface area contributed by atoms with Crippen LogP contribution in [0, 0.1) is 13.8 Å². The molecule has 0 bridgehead atoms. The Kier molecular flexibility index (Phi) is 8.54. The van der Waals surface area contributed by atoms with Crippen LogP contribution in [0.2, 0.25) is 0 Å². The van der Waals surface area contributed by atoms with Gasteiger partial charge in [-0.2, -0.15) is 4.31 Å². The number of amides is 1. The number of carbonyl (C=O) groups excluding carboxylic acids is 1. The topological polar surface area (TPSA) is 57.7 Å². The summed E-state index contributed by atoms with van der Waals surface area (Å²) in [6.45, 7) is 4.50. The van der Waals surface area contributed by atoms with Crippen LogP contribution in [0.3, 0.4) is 0 Å². The molecular weight excluding hydrogens is 480 g/mol. The first kappa shape index (κ1) is 26.3. The van der Waals surface area contributed by atoms with Gasteiger partial charge in [0.25, 0.3) is 0 Å². The van der Waals surface area contributed by atoms with Gasteiger partial charge in [0.15, 0.2) is 0 Å². The van der Waals surface area contributed by atoms with E-state index in [1.54, 1.807) is 29.2 Å². The van der Waals surface area contributed by atoms with Gasteiger partial charge in [0, 0.05) is 19.6 Å². The summed E-state index contributed by atoms with van der Waals surface area (Å²) in [6.07, 6.45) is 0. The summed E-state index contributed by atoms with van der Waals surface area (Å²) in [5, 5.41) is 0. The molecule has 0 atom stereocenters. The van der Waals surface area contributed by atoms with E-state index in [0.29, 0.717) is 13.1 Å². The number of nitrogens with zero attached hydrogens (tertiary/aromatic N) is 2. The van der Waals surface area contributed by atoms with Crippen molar-refractivity contribution in [2.45, 2.75) is 38.4 Å². The highest BCUT2D eigenvalue weighted by Crippen LogP contribution is 2.21. The van der Waals surface area contributed by atoms with Crippen molar-refractivity contribution in [1.82, 2.24) is 9.21 Å².